The summed E-state index contributed by atoms with van der Waals surface area (Å²) in [5.74, 6) is 0.661. The molecule has 1 unspecified atom stereocenters. The molecule has 1 aromatic carbocycles. The van der Waals surface area contributed by atoms with E-state index in [1.807, 2.05) is 44.9 Å². The summed E-state index contributed by atoms with van der Waals surface area (Å²) in [6, 6.07) is 5.49. The molecule has 1 heterocycles. The van der Waals surface area contributed by atoms with E-state index in [0.29, 0.717) is 31.2 Å². The molecule has 2 rings (SSSR count). The molecule has 1 fully saturated rings. The molecule has 0 aliphatic carbocycles. The van der Waals surface area contributed by atoms with Gasteiger partial charge in [-0.05, 0) is 44.9 Å². The third-order valence-corrected chi connectivity index (χ3v) is 4.85. The van der Waals surface area contributed by atoms with Crippen molar-refractivity contribution >= 4 is 41.5 Å². The van der Waals surface area contributed by atoms with Crippen LogP contribution in [0.5, 0.6) is 0 Å². The molecule has 8 heteroatoms. The van der Waals surface area contributed by atoms with Crippen LogP contribution in [0.2, 0.25) is 0 Å². The standard InChI is InChI=1S/C20H32FN5O.HI/c1-5-22-20(24-16-9-11-19(27)25(4)14-16)23-13-15-8-10-18(17(21)12-15)26(6-2)7-3;/h8,10,12,16H,5-7,9,11,13-14H2,1-4H3,(H2,22,23,24);1H. The molecule has 0 saturated carbocycles. The Labute approximate surface area is 185 Å². The topological polar surface area (TPSA) is 60.0 Å². The molecule has 6 nitrogen and oxygen atoms in total. The molecule has 28 heavy (non-hydrogen) atoms. The number of halogens is 2. The maximum Gasteiger partial charge on any atom is 0.222 e. The Kier molecular flexibility index (Phi) is 10.6. The maximum absolute atomic E-state index is 14.4. The Balaban J connectivity index is 0.00000392. The first-order chi connectivity index (χ1) is 13.0. The zero-order valence-corrected chi connectivity index (χ0v) is 19.6. The number of hydrogen-bond acceptors (Lipinski definition) is 3. The molecule has 1 aromatic rings. The second kappa shape index (κ2) is 12.1. The summed E-state index contributed by atoms with van der Waals surface area (Å²) in [5, 5.41) is 6.61. The van der Waals surface area contributed by atoms with Crippen molar-refractivity contribution in [3.05, 3.63) is 29.6 Å². The molecule has 1 aliphatic heterocycles. The normalized spacial score (nSPS) is 17.2. The molecule has 1 amide bonds. The highest BCUT2D eigenvalue weighted by Gasteiger charge is 2.23. The molecular weight excluding hydrogens is 472 g/mol. The van der Waals surface area contributed by atoms with Crippen LogP contribution in [-0.4, -0.2) is 56.0 Å². The average Bonchev–Trinajstić information content (AvgIpc) is 2.65. The van der Waals surface area contributed by atoms with Crippen LogP contribution in [-0.2, 0) is 11.3 Å². The number of anilines is 1. The van der Waals surface area contributed by atoms with Crippen molar-refractivity contribution in [3.63, 3.8) is 0 Å². The second-order valence-electron chi connectivity index (χ2n) is 6.81. The minimum Gasteiger partial charge on any atom is -0.370 e. The van der Waals surface area contributed by atoms with Crippen LogP contribution in [0.1, 0.15) is 39.2 Å². The number of benzene rings is 1. The van der Waals surface area contributed by atoms with Crippen LogP contribution >= 0.6 is 24.0 Å². The number of carbonyl (C=O) groups excluding carboxylic acids is 1. The predicted molar refractivity (Wildman–Crippen MR) is 124 cm³/mol. The molecular formula is C20H33FIN5O. The van der Waals surface area contributed by atoms with Crippen LogP contribution in [0.4, 0.5) is 10.1 Å². The van der Waals surface area contributed by atoms with Gasteiger partial charge in [-0.1, -0.05) is 6.07 Å². The largest absolute Gasteiger partial charge is 0.370 e. The van der Waals surface area contributed by atoms with Gasteiger partial charge in [0, 0.05) is 45.7 Å². The summed E-state index contributed by atoms with van der Waals surface area (Å²) in [5.41, 5.74) is 1.46. The monoisotopic (exact) mass is 505 g/mol. The van der Waals surface area contributed by atoms with Gasteiger partial charge in [0.15, 0.2) is 5.96 Å². The number of carbonyl (C=O) groups is 1. The Bertz CT molecular complexity index is 666. The number of nitrogens with zero attached hydrogens (tertiary/aromatic N) is 3. The van der Waals surface area contributed by atoms with Crippen LogP contribution < -0.4 is 15.5 Å². The highest BCUT2D eigenvalue weighted by atomic mass is 127. The molecule has 0 radical (unpaired) electrons. The number of hydrogen-bond donors (Lipinski definition) is 2. The van der Waals surface area contributed by atoms with E-state index in [-0.39, 0.29) is 41.7 Å². The quantitative estimate of drug-likeness (QED) is 0.340. The van der Waals surface area contributed by atoms with E-state index in [9.17, 15) is 9.18 Å². The summed E-state index contributed by atoms with van der Waals surface area (Å²) < 4.78 is 14.4. The van der Waals surface area contributed by atoms with Crippen LogP contribution in [0.3, 0.4) is 0 Å². The van der Waals surface area contributed by atoms with E-state index in [1.165, 1.54) is 0 Å². The minimum atomic E-state index is -0.211. The van der Waals surface area contributed by atoms with Gasteiger partial charge in [-0.3, -0.25) is 4.79 Å². The molecule has 2 N–H and O–H groups in total. The van der Waals surface area contributed by atoms with Gasteiger partial charge in [0.2, 0.25) is 5.91 Å². The number of rotatable bonds is 7. The molecule has 1 saturated heterocycles. The number of amides is 1. The molecule has 1 atom stereocenters. The Morgan fingerprint density at radius 2 is 2.04 bits per heavy atom. The van der Waals surface area contributed by atoms with E-state index < -0.39 is 0 Å². The lowest BCUT2D eigenvalue weighted by Crippen LogP contribution is -2.51. The predicted octanol–water partition coefficient (Wildman–Crippen LogP) is 2.97. The fourth-order valence-electron chi connectivity index (χ4n) is 3.28. The maximum atomic E-state index is 14.4. The van der Waals surface area contributed by atoms with Crippen molar-refractivity contribution in [1.82, 2.24) is 15.5 Å². The van der Waals surface area contributed by atoms with Crippen molar-refractivity contribution in [2.24, 2.45) is 4.99 Å². The summed E-state index contributed by atoms with van der Waals surface area (Å²) >= 11 is 0. The van der Waals surface area contributed by atoms with Gasteiger partial charge < -0.3 is 20.4 Å². The van der Waals surface area contributed by atoms with E-state index in [4.69, 9.17) is 0 Å². The molecule has 158 valence electrons. The molecule has 0 aromatic heterocycles. The van der Waals surface area contributed by atoms with E-state index in [1.54, 1.807) is 11.0 Å². The zero-order valence-electron chi connectivity index (χ0n) is 17.3. The minimum absolute atomic E-state index is 0. The molecule has 0 bridgehead atoms. The first kappa shape index (κ1) is 24.5. The van der Waals surface area contributed by atoms with E-state index >= 15 is 0 Å². The van der Waals surface area contributed by atoms with Gasteiger partial charge >= 0.3 is 0 Å². The molecule has 1 aliphatic rings. The van der Waals surface area contributed by atoms with Crippen molar-refractivity contribution < 1.29 is 9.18 Å². The summed E-state index contributed by atoms with van der Waals surface area (Å²) in [6.45, 7) is 9.39. The van der Waals surface area contributed by atoms with E-state index in [0.717, 1.165) is 31.6 Å². The van der Waals surface area contributed by atoms with Crippen molar-refractivity contribution in [1.29, 1.82) is 0 Å². The SMILES string of the molecule is CCNC(=NCc1ccc(N(CC)CC)c(F)c1)NC1CCC(=O)N(C)C1.I. The Morgan fingerprint density at radius 1 is 1.32 bits per heavy atom. The van der Waals surface area contributed by atoms with Gasteiger partial charge in [0.1, 0.15) is 5.82 Å². The first-order valence-corrected chi connectivity index (χ1v) is 9.80. The van der Waals surface area contributed by atoms with Crippen molar-refractivity contribution in [2.45, 2.75) is 46.2 Å². The van der Waals surface area contributed by atoms with Crippen molar-refractivity contribution in [2.75, 3.05) is 38.1 Å². The lowest BCUT2D eigenvalue weighted by Gasteiger charge is -2.31. The van der Waals surface area contributed by atoms with Crippen LogP contribution in [0.15, 0.2) is 23.2 Å². The summed E-state index contributed by atoms with van der Waals surface area (Å²) in [7, 11) is 1.82. The summed E-state index contributed by atoms with van der Waals surface area (Å²) in [4.78, 5) is 20.0. The van der Waals surface area contributed by atoms with Gasteiger partial charge in [-0.2, -0.15) is 0 Å². The van der Waals surface area contributed by atoms with E-state index in [2.05, 4.69) is 15.6 Å². The highest BCUT2D eigenvalue weighted by molar-refractivity contribution is 14.0. The van der Waals surface area contributed by atoms with Gasteiger partial charge in [0.25, 0.3) is 0 Å². The zero-order chi connectivity index (χ0) is 19.8. The smallest absolute Gasteiger partial charge is 0.222 e. The third-order valence-electron chi connectivity index (χ3n) is 4.85. The van der Waals surface area contributed by atoms with Gasteiger partial charge in [0.05, 0.1) is 12.2 Å². The number of aliphatic imine (C=N–C) groups is 1. The second-order valence-corrected chi connectivity index (χ2v) is 6.81. The number of piperidine rings is 1. The Morgan fingerprint density at radius 3 is 2.61 bits per heavy atom. The van der Waals surface area contributed by atoms with Gasteiger partial charge in [-0.15, -0.1) is 24.0 Å². The lowest BCUT2D eigenvalue weighted by molar-refractivity contribution is -0.132. The van der Waals surface area contributed by atoms with Crippen LogP contribution in [0, 0.1) is 5.82 Å². The number of likely N-dealkylation sites (tertiary alicyclic amines) is 1. The number of guanidine groups is 1. The third kappa shape index (κ3) is 6.79. The Hall–Kier alpha value is -1.58. The van der Waals surface area contributed by atoms with Gasteiger partial charge in [-0.25, -0.2) is 9.38 Å². The van der Waals surface area contributed by atoms with Crippen LogP contribution in [0.25, 0.3) is 0 Å². The highest BCUT2D eigenvalue weighted by Crippen LogP contribution is 2.20. The first-order valence-electron chi connectivity index (χ1n) is 9.80. The fraction of sp³-hybridized carbons (Fsp3) is 0.600. The lowest BCUT2D eigenvalue weighted by atomic mass is 10.1. The summed E-state index contributed by atoms with van der Waals surface area (Å²) in [6.07, 6.45) is 1.34. The van der Waals surface area contributed by atoms with Crippen molar-refractivity contribution in [3.8, 4) is 0 Å². The number of nitrogens with one attached hydrogen (secondary N) is 2. The fourth-order valence-corrected chi connectivity index (χ4v) is 3.28. The average molecular weight is 505 g/mol. The molecule has 0 spiro atoms. The number of likely N-dealkylation sites (N-methyl/N-ethyl adjacent to an activating group) is 1.